The molecule has 1 saturated carbocycles. The molecule has 1 aromatic rings. The quantitative estimate of drug-likeness (QED) is 0.248. The summed E-state index contributed by atoms with van der Waals surface area (Å²) in [6, 6.07) is 5.99. The summed E-state index contributed by atoms with van der Waals surface area (Å²) in [4.78, 5) is 22.6. The zero-order valence-electron chi connectivity index (χ0n) is 21.0. The molecule has 7 nitrogen and oxygen atoms in total. The molecular weight excluding hydrogens is 448 g/mol. The maximum atomic E-state index is 12.1. The van der Waals surface area contributed by atoms with E-state index in [-0.39, 0.29) is 37.1 Å². The van der Waals surface area contributed by atoms with E-state index in [1.165, 1.54) is 5.56 Å². The highest BCUT2D eigenvalue weighted by molar-refractivity contribution is 5.71. The second-order valence-electron chi connectivity index (χ2n) is 10.3. The zero-order valence-corrected chi connectivity index (χ0v) is 21.0. The van der Waals surface area contributed by atoms with E-state index in [1.54, 1.807) is 0 Å². The molecule has 0 radical (unpaired) electrons. The Labute approximate surface area is 208 Å². The fraction of sp³-hybridized carbons (Fsp3) is 0.714. The lowest BCUT2D eigenvalue weighted by atomic mass is 9.73. The molecule has 0 bridgehead atoms. The van der Waals surface area contributed by atoms with Crippen molar-refractivity contribution < 1.29 is 34.4 Å². The number of rotatable bonds is 15. The van der Waals surface area contributed by atoms with Crippen molar-refractivity contribution >= 4 is 11.9 Å². The number of ether oxygens (including phenoxy) is 2. The van der Waals surface area contributed by atoms with Crippen molar-refractivity contribution in [2.24, 2.45) is 17.8 Å². The molecule has 2 aliphatic rings. The molecule has 0 heterocycles. The Morgan fingerprint density at radius 3 is 2.66 bits per heavy atom. The van der Waals surface area contributed by atoms with Crippen LogP contribution in [-0.2, 0) is 27.2 Å². The fourth-order valence-electron chi connectivity index (χ4n) is 5.80. The lowest BCUT2D eigenvalue weighted by Crippen LogP contribution is -2.28. The van der Waals surface area contributed by atoms with E-state index in [0.29, 0.717) is 24.9 Å². The molecule has 2 aliphatic carbocycles. The van der Waals surface area contributed by atoms with Gasteiger partial charge in [0.25, 0.3) is 0 Å². The van der Waals surface area contributed by atoms with Crippen LogP contribution in [0, 0.1) is 17.8 Å². The molecule has 3 rings (SSSR count). The SMILES string of the molecule is CC[C@H](O)CC[C@@H]1[C@H]2Cc3cccc(OCC(=O)OCCCCCCCC(=O)O)c3C[C@H]2C[C@H]1O. The Hall–Kier alpha value is -2.12. The van der Waals surface area contributed by atoms with Gasteiger partial charge in [0, 0.05) is 6.42 Å². The summed E-state index contributed by atoms with van der Waals surface area (Å²) in [5.74, 6) is 0.640. The number of carboxylic acids is 1. The molecule has 0 aliphatic heterocycles. The van der Waals surface area contributed by atoms with Crippen molar-refractivity contribution in [2.45, 2.75) is 96.2 Å². The van der Waals surface area contributed by atoms with Gasteiger partial charge in [-0.15, -0.1) is 0 Å². The van der Waals surface area contributed by atoms with Crippen molar-refractivity contribution in [3.63, 3.8) is 0 Å². The van der Waals surface area contributed by atoms with Gasteiger partial charge in [0.15, 0.2) is 6.61 Å². The number of aliphatic hydroxyl groups excluding tert-OH is 2. The van der Waals surface area contributed by atoms with Gasteiger partial charge >= 0.3 is 11.9 Å². The number of carboxylic acid groups (broad SMARTS) is 1. The number of carbonyl (C=O) groups excluding carboxylic acids is 1. The normalized spacial score (nSPS) is 23.9. The van der Waals surface area contributed by atoms with E-state index in [2.05, 4.69) is 6.07 Å². The largest absolute Gasteiger partial charge is 0.482 e. The van der Waals surface area contributed by atoms with Crippen molar-refractivity contribution in [3.8, 4) is 5.75 Å². The molecule has 7 heteroatoms. The molecule has 1 fully saturated rings. The zero-order chi connectivity index (χ0) is 25.2. The minimum Gasteiger partial charge on any atom is -0.482 e. The molecule has 0 amide bonds. The van der Waals surface area contributed by atoms with Crippen LogP contribution in [0.2, 0.25) is 0 Å². The van der Waals surface area contributed by atoms with E-state index in [1.807, 2.05) is 19.1 Å². The first-order valence-electron chi connectivity index (χ1n) is 13.4. The van der Waals surface area contributed by atoms with Gasteiger partial charge in [-0.25, -0.2) is 4.79 Å². The lowest BCUT2D eigenvalue weighted by molar-refractivity contribution is -0.146. The van der Waals surface area contributed by atoms with Gasteiger partial charge in [-0.3, -0.25) is 4.79 Å². The Balaban J connectivity index is 1.43. The topological polar surface area (TPSA) is 113 Å². The Kier molecular flexibility index (Phi) is 10.9. The summed E-state index contributed by atoms with van der Waals surface area (Å²) in [5.41, 5.74) is 2.37. The first-order valence-corrected chi connectivity index (χ1v) is 13.4. The standard InChI is InChI=1S/C28H42O7/c1-2-21(29)12-13-22-23-15-19-9-8-10-26(24(19)16-20(23)17-25(22)30)35-18-28(33)34-14-7-5-3-4-6-11-27(31)32/h8-10,20-23,25,29-30H,2-7,11-18H2,1H3,(H,31,32)/t20-,21-,22+,23-,25+/m0/s1. The number of fused-ring (bicyclic) bond motifs is 2. The summed E-state index contributed by atoms with van der Waals surface area (Å²) in [6.45, 7) is 2.22. The van der Waals surface area contributed by atoms with Gasteiger partial charge in [0.2, 0.25) is 0 Å². The smallest absolute Gasteiger partial charge is 0.344 e. The molecular formula is C28H42O7. The Morgan fingerprint density at radius 1 is 1.11 bits per heavy atom. The van der Waals surface area contributed by atoms with Crippen molar-refractivity contribution in [1.82, 2.24) is 0 Å². The molecule has 0 spiro atoms. The predicted octanol–water partition coefficient (Wildman–Crippen LogP) is 4.30. The van der Waals surface area contributed by atoms with Gasteiger partial charge < -0.3 is 24.8 Å². The van der Waals surface area contributed by atoms with E-state index in [9.17, 15) is 19.8 Å². The minimum absolute atomic E-state index is 0.122. The highest BCUT2D eigenvalue weighted by atomic mass is 16.6. The second-order valence-corrected chi connectivity index (χ2v) is 10.3. The number of aliphatic carboxylic acids is 1. The number of benzene rings is 1. The van der Waals surface area contributed by atoms with Crippen LogP contribution in [0.1, 0.15) is 82.3 Å². The van der Waals surface area contributed by atoms with Crippen LogP contribution in [0.25, 0.3) is 0 Å². The monoisotopic (exact) mass is 490 g/mol. The maximum absolute atomic E-state index is 12.1. The van der Waals surface area contributed by atoms with Crippen molar-refractivity contribution in [3.05, 3.63) is 29.3 Å². The third-order valence-electron chi connectivity index (χ3n) is 7.79. The summed E-state index contributed by atoms with van der Waals surface area (Å²) in [5, 5.41) is 29.3. The van der Waals surface area contributed by atoms with Crippen LogP contribution in [-0.4, -0.2) is 52.7 Å². The van der Waals surface area contributed by atoms with Crippen molar-refractivity contribution in [2.75, 3.05) is 13.2 Å². The number of hydrogen-bond acceptors (Lipinski definition) is 6. The maximum Gasteiger partial charge on any atom is 0.344 e. The summed E-state index contributed by atoms with van der Waals surface area (Å²) in [7, 11) is 0. The van der Waals surface area contributed by atoms with Crippen LogP contribution >= 0.6 is 0 Å². The van der Waals surface area contributed by atoms with Gasteiger partial charge in [-0.2, -0.15) is 0 Å². The molecule has 1 aromatic carbocycles. The van der Waals surface area contributed by atoms with E-state index >= 15 is 0 Å². The third-order valence-corrected chi connectivity index (χ3v) is 7.79. The molecule has 196 valence electrons. The third kappa shape index (κ3) is 8.21. The lowest BCUT2D eigenvalue weighted by Gasteiger charge is -2.32. The van der Waals surface area contributed by atoms with E-state index in [4.69, 9.17) is 14.6 Å². The number of esters is 1. The Bertz CT molecular complexity index is 824. The fourth-order valence-corrected chi connectivity index (χ4v) is 5.80. The molecule has 35 heavy (non-hydrogen) atoms. The first kappa shape index (κ1) is 27.5. The van der Waals surface area contributed by atoms with Gasteiger partial charge in [0.05, 0.1) is 18.8 Å². The van der Waals surface area contributed by atoms with Gasteiger partial charge in [-0.1, -0.05) is 38.3 Å². The molecule has 0 unspecified atom stereocenters. The van der Waals surface area contributed by atoms with Crippen LogP contribution < -0.4 is 4.74 Å². The van der Waals surface area contributed by atoms with Crippen molar-refractivity contribution in [1.29, 1.82) is 0 Å². The second kappa shape index (κ2) is 13.8. The summed E-state index contributed by atoms with van der Waals surface area (Å²) < 4.78 is 11.2. The number of hydrogen-bond donors (Lipinski definition) is 3. The van der Waals surface area contributed by atoms with E-state index in [0.717, 1.165) is 75.5 Å². The predicted molar refractivity (Wildman–Crippen MR) is 132 cm³/mol. The van der Waals surface area contributed by atoms with Gasteiger partial charge in [0.1, 0.15) is 5.75 Å². The molecule has 0 aromatic heterocycles. The molecule has 3 N–H and O–H groups in total. The van der Waals surface area contributed by atoms with E-state index < -0.39 is 5.97 Å². The van der Waals surface area contributed by atoms with Gasteiger partial charge in [-0.05, 0) is 86.3 Å². The number of aliphatic hydroxyl groups is 2. The van der Waals surface area contributed by atoms with Crippen LogP contribution in [0.15, 0.2) is 18.2 Å². The molecule has 0 saturated heterocycles. The highest BCUT2D eigenvalue weighted by Gasteiger charge is 2.44. The Morgan fingerprint density at radius 2 is 1.89 bits per heavy atom. The van der Waals surface area contributed by atoms with Crippen LogP contribution in [0.3, 0.4) is 0 Å². The average Bonchev–Trinajstić information content (AvgIpc) is 3.14. The first-order chi connectivity index (χ1) is 16.9. The summed E-state index contributed by atoms with van der Waals surface area (Å²) in [6.07, 6.45) is 8.65. The number of unbranched alkanes of at least 4 members (excludes halogenated alkanes) is 4. The average molecular weight is 491 g/mol. The molecule has 5 atom stereocenters. The van der Waals surface area contributed by atoms with Crippen LogP contribution in [0.5, 0.6) is 5.75 Å². The van der Waals surface area contributed by atoms with Crippen LogP contribution in [0.4, 0.5) is 0 Å². The minimum atomic E-state index is -0.758. The highest BCUT2D eigenvalue weighted by Crippen LogP contribution is 2.48. The summed E-state index contributed by atoms with van der Waals surface area (Å²) >= 11 is 0. The number of carbonyl (C=O) groups is 2.